The number of nitro benzene ring substituents is 1. The molecule has 228 valence electrons. The van der Waals surface area contributed by atoms with E-state index in [2.05, 4.69) is 12.1 Å². The fraction of sp³-hybridized carbons (Fsp3) is 0.353. The normalized spacial score (nSPS) is 23.9. The van der Waals surface area contributed by atoms with E-state index in [9.17, 15) is 20.2 Å². The molecule has 1 aliphatic carbocycles. The van der Waals surface area contributed by atoms with Crippen molar-refractivity contribution in [3.63, 3.8) is 0 Å². The zero-order chi connectivity index (χ0) is 31.0. The molecule has 2 aliphatic heterocycles. The Labute approximate surface area is 254 Å². The first-order valence-corrected chi connectivity index (χ1v) is 15.0. The van der Waals surface area contributed by atoms with Gasteiger partial charge in [0.25, 0.3) is 11.4 Å². The Kier molecular flexibility index (Phi) is 7.92. The van der Waals surface area contributed by atoms with Gasteiger partial charge in [-0.05, 0) is 67.4 Å². The SMILES string of the molecule is CC1([C@@H]2CC[C@@H](c3ccc([N+](=O)[O-])cc3)N2c2cc(F)c(N3CCC(c4ccccc4)CC3)c(F)c2)C=CC([N+](=O)[O-])=CC1. The van der Waals surface area contributed by atoms with Gasteiger partial charge in [-0.3, -0.25) is 20.2 Å². The number of halogens is 2. The number of allylic oxidation sites excluding steroid dienone is 2. The smallest absolute Gasteiger partial charge is 0.269 e. The fourth-order valence-electron chi connectivity index (χ4n) is 7.25. The highest BCUT2D eigenvalue weighted by molar-refractivity contribution is 5.61. The lowest BCUT2D eigenvalue weighted by Gasteiger charge is -2.43. The summed E-state index contributed by atoms with van der Waals surface area (Å²) in [6.07, 6.45) is 8.24. The molecule has 1 unspecified atom stereocenters. The summed E-state index contributed by atoms with van der Waals surface area (Å²) >= 11 is 0. The van der Waals surface area contributed by atoms with E-state index in [4.69, 9.17) is 0 Å². The van der Waals surface area contributed by atoms with Crippen LogP contribution in [0.2, 0.25) is 0 Å². The second-order valence-electron chi connectivity index (χ2n) is 12.2. The van der Waals surface area contributed by atoms with E-state index in [0.29, 0.717) is 44.0 Å². The van der Waals surface area contributed by atoms with Gasteiger partial charge in [0.15, 0.2) is 11.6 Å². The van der Waals surface area contributed by atoms with Crippen molar-refractivity contribution in [3.05, 3.63) is 134 Å². The van der Waals surface area contributed by atoms with Gasteiger partial charge in [0.2, 0.25) is 0 Å². The quantitative estimate of drug-likeness (QED) is 0.201. The average Bonchev–Trinajstić information content (AvgIpc) is 3.48. The number of nitrogens with zero attached hydrogens (tertiary/aromatic N) is 4. The Balaban J connectivity index is 1.32. The molecular formula is C34H34F2N4O4. The van der Waals surface area contributed by atoms with Crippen LogP contribution < -0.4 is 9.80 Å². The molecule has 44 heavy (non-hydrogen) atoms. The third kappa shape index (κ3) is 5.56. The van der Waals surface area contributed by atoms with Gasteiger partial charge in [-0.25, -0.2) is 8.78 Å². The Hall–Kier alpha value is -4.60. The lowest BCUT2D eigenvalue weighted by atomic mass is 9.75. The van der Waals surface area contributed by atoms with E-state index in [1.165, 1.54) is 35.9 Å². The van der Waals surface area contributed by atoms with Crippen LogP contribution >= 0.6 is 0 Å². The second-order valence-corrected chi connectivity index (χ2v) is 12.2. The molecule has 2 heterocycles. The number of non-ortho nitro benzene ring substituents is 1. The molecule has 3 aromatic carbocycles. The number of hydrogen-bond donors (Lipinski definition) is 0. The predicted molar refractivity (Wildman–Crippen MR) is 165 cm³/mol. The minimum atomic E-state index is -0.633. The summed E-state index contributed by atoms with van der Waals surface area (Å²) in [6.45, 7) is 3.08. The van der Waals surface area contributed by atoms with Crippen LogP contribution in [-0.2, 0) is 0 Å². The molecule has 0 saturated carbocycles. The van der Waals surface area contributed by atoms with Gasteiger partial charge in [-0.15, -0.1) is 0 Å². The first kappa shape index (κ1) is 29.5. The molecule has 2 saturated heterocycles. The maximum atomic E-state index is 16.0. The van der Waals surface area contributed by atoms with Gasteiger partial charge in [0.1, 0.15) is 5.69 Å². The van der Waals surface area contributed by atoms with Crippen LogP contribution in [0, 0.1) is 37.3 Å². The topological polar surface area (TPSA) is 92.8 Å². The highest BCUT2D eigenvalue weighted by atomic mass is 19.1. The van der Waals surface area contributed by atoms with Crippen molar-refractivity contribution < 1.29 is 18.6 Å². The summed E-state index contributed by atoms with van der Waals surface area (Å²) < 4.78 is 31.9. The van der Waals surface area contributed by atoms with Crippen molar-refractivity contribution in [1.82, 2.24) is 0 Å². The van der Waals surface area contributed by atoms with Crippen molar-refractivity contribution in [1.29, 1.82) is 0 Å². The highest BCUT2D eigenvalue weighted by Gasteiger charge is 2.45. The second kappa shape index (κ2) is 11.8. The molecule has 0 amide bonds. The van der Waals surface area contributed by atoms with Gasteiger partial charge in [-0.2, -0.15) is 0 Å². The van der Waals surface area contributed by atoms with E-state index >= 15 is 8.78 Å². The van der Waals surface area contributed by atoms with Crippen LogP contribution in [-0.4, -0.2) is 29.0 Å². The van der Waals surface area contributed by atoms with Gasteiger partial charge >= 0.3 is 0 Å². The van der Waals surface area contributed by atoms with Crippen molar-refractivity contribution in [3.8, 4) is 0 Å². The first-order chi connectivity index (χ1) is 21.1. The zero-order valence-corrected chi connectivity index (χ0v) is 24.4. The number of piperidine rings is 1. The summed E-state index contributed by atoms with van der Waals surface area (Å²) in [6, 6.07) is 18.7. The summed E-state index contributed by atoms with van der Waals surface area (Å²) in [7, 11) is 0. The number of rotatable bonds is 7. The average molecular weight is 601 g/mol. The third-order valence-corrected chi connectivity index (χ3v) is 9.61. The molecule has 3 aromatic rings. The summed E-state index contributed by atoms with van der Waals surface area (Å²) in [5.41, 5.74) is 1.85. The third-order valence-electron chi connectivity index (χ3n) is 9.61. The molecule has 0 radical (unpaired) electrons. The zero-order valence-electron chi connectivity index (χ0n) is 24.4. The molecule has 6 rings (SSSR count). The van der Waals surface area contributed by atoms with Crippen LogP contribution in [0.5, 0.6) is 0 Å². The minimum Gasteiger partial charge on any atom is -0.367 e. The van der Waals surface area contributed by atoms with Gasteiger partial charge < -0.3 is 9.80 Å². The van der Waals surface area contributed by atoms with E-state index in [1.807, 2.05) is 36.1 Å². The molecule has 3 atom stereocenters. The van der Waals surface area contributed by atoms with Crippen molar-refractivity contribution in [2.45, 2.75) is 57.0 Å². The van der Waals surface area contributed by atoms with Gasteiger partial charge in [0.05, 0.1) is 15.9 Å². The molecule has 0 N–H and O–H groups in total. The molecule has 2 fully saturated rings. The lowest BCUT2D eigenvalue weighted by molar-refractivity contribution is -0.419. The first-order valence-electron chi connectivity index (χ1n) is 15.0. The van der Waals surface area contributed by atoms with E-state index < -0.39 is 26.9 Å². The molecule has 8 nitrogen and oxygen atoms in total. The minimum absolute atomic E-state index is 0.0229. The van der Waals surface area contributed by atoms with Gasteiger partial charge in [0, 0.05) is 48.4 Å². The number of anilines is 2. The monoisotopic (exact) mass is 600 g/mol. The summed E-state index contributed by atoms with van der Waals surface area (Å²) in [5, 5.41) is 22.6. The Bertz CT molecular complexity index is 1600. The summed E-state index contributed by atoms with van der Waals surface area (Å²) in [4.78, 5) is 25.5. The highest BCUT2D eigenvalue weighted by Crippen LogP contribution is 2.50. The molecule has 3 aliphatic rings. The maximum Gasteiger partial charge on any atom is 0.269 e. The standard InChI is InChI=1S/C34H34F2N4O4/c1-34(17-13-27(14-18-34)40(43)44)32-12-11-31(25-7-9-26(10-8-25)39(41)42)38(32)28-21-29(35)33(30(36)22-28)37-19-15-24(16-20-37)23-5-3-2-4-6-23/h2-10,13-14,17,21-22,24,31-32H,11-12,15-16,18-20H2,1H3/t31-,32-,34?/m0/s1. The molecule has 10 heteroatoms. The number of hydrogen-bond acceptors (Lipinski definition) is 6. The molecule has 0 aromatic heterocycles. The molecule has 0 spiro atoms. The van der Waals surface area contributed by atoms with E-state index in [1.54, 1.807) is 23.1 Å². The largest absolute Gasteiger partial charge is 0.367 e. The van der Waals surface area contributed by atoms with Crippen LogP contribution in [0.25, 0.3) is 0 Å². The maximum absolute atomic E-state index is 16.0. The van der Waals surface area contributed by atoms with E-state index in [0.717, 1.165) is 18.4 Å². The van der Waals surface area contributed by atoms with E-state index in [-0.39, 0.29) is 29.2 Å². The van der Waals surface area contributed by atoms with Crippen LogP contribution in [0.15, 0.2) is 90.7 Å². The number of benzene rings is 3. The molecular weight excluding hydrogens is 566 g/mol. The summed E-state index contributed by atoms with van der Waals surface area (Å²) in [5.74, 6) is -0.919. The van der Waals surface area contributed by atoms with Crippen molar-refractivity contribution >= 4 is 17.1 Å². The Morgan fingerprint density at radius 3 is 2.07 bits per heavy atom. The van der Waals surface area contributed by atoms with Crippen LogP contribution in [0.3, 0.4) is 0 Å². The molecule has 0 bridgehead atoms. The lowest BCUT2D eigenvalue weighted by Crippen LogP contribution is -2.43. The van der Waals surface area contributed by atoms with Crippen molar-refractivity contribution in [2.24, 2.45) is 5.41 Å². The van der Waals surface area contributed by atoms with Crippen molar-refractivity contribution in [2.75, 3.05) is 22.9 Å². The predicted octanol–water partition coefficient (Wildman–Crippen LogP) is 8.09. The Morgan fingerprint density at radius 2 is 1.50 bits per heavy atom. The van der Waals surface area contributed by atoms with Crippen LogP contribution in [0.4, 0.5) is 25.8 Å². The Morgan fingerprint density at radius 1 is 0.841 bits per heavy atom. The van der Waals surface area contributed by atoms with Crippen LogP contribution in [0.1, 0.15) is 62.1 Å². The number of nitro groups is 2. The fourth-order valence-corrected chi connectivity index (χ4v) is 7.25. The van der Waals surface area contributed by atoms with Gasteiger partial charge in [-0.1, -0.05) is 55.5 Å².